The summed E-state index contributed by atoms with van der Waals surface area (Å²) < 4.78 is 42.1. The fraction of sp³-hybridized carbons (Fsp3) is 0.375. The van der Waals surface area contributed by atoms with E-state index < -0.39 is 23.6 Å². The number of benzene rings is 2. The Morgan fingerprint density at radius 2 is 1.46 bits per heavy atom. The molecule has 2 atom stereocenters. The second-order valence-electron chi connectivity index (χ2n) is 10.5. The second kappa shape index (κ2) is 15.6. The maximum Gasteiger partial charge on any atom is 0.306 e. The van der Waals surface area contributed by atoms with Crippen LogP contribution in [0.5, 0.6) is 23.0 Å². The topological polar surface area (TPSA) is 137 Å². The number of fused-ring (bicyclic) bond motifs is 2. The fourth-order valence-electron chi connectivity index (χ4n) is 4.53. The molecule has 0 aliphatic heterocycles. The van der Waals surface area contributed by atoms with Crippen LogP contribution in [0, 0.1) is 17.7 Å². The van der Waals surface area contributed by atoms with Crippen molar-refractivity contribution >= 4 is 78.2 Å². The molecule has 0 radical (unpaired) electrons. The summed E-state index contributed by atoms with van der Waals surface area (Å²) in [4.78, 5) is 49.4. The number of methoxy groups -OCH3 is 2. The largest absolute Gasteiger partial charge is 0.493 e. The van der Waals surface area contributed by atoms with Gasteiger partial charge in [0.2, 0.25) is 5.91 Å². The molecule has 0 aliphatic carbocycles. The summed E-state index contributed by atoms with van der Waals surface area (Å²) in [5, 5.41) is 10.1. The Morgan fingerprint density at radius 3 is 2.11 bits per heavy atom. The summed E-state index contributed by atoms with van der Waals surface area (Å²) in [6.07, 6.45) is 2.01. The fourth-order valence-corrected chi connectivity index (χ4v) is 6.99. The van der Waals surface area contributed by atoms with Gasteiger partial charge in [0.15, 0.2) is 40.4 Å². The highest BCUT2D eigenvalue weighted by Crippen LogP contribution is 2.41. The lowest BCUT2D eigenvalue weighted by Crippen LogP contribution is -2.25. The smallest absolute Gasteiger partial charge is 0.306 e. The van der Waals surface area contributed by atoms with Gasteiger partial charge in [0.05, 0.1) is 43.1 Å². The number of aliphatic carboxylic acids is 1. The maximum absolute atomic E-state index is 15.6. The van der Waals surface area contributed by atoms with E-state index in [4.69, 9.17) is 24.1 Å². The van der Waals surface area contributed by atoms with Crippen LogP contribution in [0.1, 0.15) is 52.5 Å². The van der Waals surface area contributed by atoms with Crippen molar-refractivity contribution in [3.63, 3.8) is 0 Å². The first kappa shape index (κ1) is 35.0. The highest BCUT2D eigenvalue weighted by atomic mass is 32.2. The van der Waals surface area contributed by atoms with Crippen molar-refractivity contribution in [3.8, 4) is 23.0 Å². The molecule has 2 heterocycles. The Hall–Kier alpha value is -3.88. The van der Waals surface area contributed by atoms with Crippen LogP contribution in [0.2, 0.25) is 0 Å². The standard InChI is InChI=1S/C32H34FNO9S3/c1-16(31(37)34-44-5)9-20(35)28-13-19-26(46-28)15-24(41-4)30(29(19)33)43-8-6-7-42-23-11-18-12-27(21(36)10-17(2)32(38)39)45-25(18)14-22(23)40-3/h11-17H,6-10H2,1-5H3,(H,34,37)(H,38,39)/t16-,17-/m0/s1. The number of ketones is 2. The number of carboxylic acid groups (broad SMARTS) is 1. The number of carbonyl (C=O) groups is 4. The van der Waals surface area contributed by atoms with Crippen LogP contribution in [0.25, 0.3) is 20.2 Å². The molecule has 46 heavy (non-hydrogen) atoms. The first-order valence-electron chi connectivity index (χ1n) is 14.3. The molecule has 4 rings (SSSR count). The van der Waals surface area contributed by atoms with E-state index in [2.05, 4.69) is 4.72 Å². The molecule has 0 bridgehead atoms. The van der Waals surface area contributed by atoms with E-state index in [1.165, 1.54) is 38.5 Å². The van der Waals surface area contributed by atoms with Gasteiger partial charge in [-0.2, -0.15) is 0 Å². The van der Waals surface area contributed by atoms with E-state index in [-0.39, 0.29) is 60.4 Å². The highest BCUT2D eigenvalue weighted by Gasteiger charge is 2.23. The minimum atomic E-state index is -1.02. The minimum absolute atomic E-state index is 0.00316. The Labute approximate surface area is 277 Å². The molecule has 0 saturated carbocycles. The van der Waals surface area contributed by atoms with Gasteiger partial charge in [0, 0.05) is 58.4 Å². The molecule has 0 saturated heterocycles. The normalized spacial score (nSPS) is 12.5. The van der Waals surface area contributed by atoms with Crippen LogP contribution in [-0.4, -0.2) is 62.2 Å². The zero-order chi connectivity index (χ0) is 33.5. The molecule has 0 aliphatic rings. The predicted molar refractivity (Wildman–Crippen MR) is 178 cm³/mol. The molecule has 1 amide bonds. The van der Waals surface area contributed by atoms with Gasteiger partial charge in [-0.3, -0.25) is 19.2 Å². The lowest BCUT2D eigenvalue weighted by Gasteiger charge is -2.13. The van der Waals surface area contributed by atoms with Crippen LogP contribution in [0.15, 0.2) is 30.3 Å². The van der Waals surface area contributed by atoms with Crippen LogP contribution >= 0.6 is 34.6 Å². The van der Waals surface area contributed by atoms with Gasteiger partial charge in [-0.05, 0) is 23.6 Å². The molecule has 4 aromatic rings. The predicted octanol–water partition coefficient (Wildman–Crippen LogP) is 7.02. The zero-order valence-corrected chi connectivity index (χ0v) is 28.3. The van der Waals surface area contributed by atoms with Gasteiger partial charge in [-0.1, -0.05) is 25.8 Å². The molecule has 2 N–H and O–H groups in total. The number of thiophene rings is 2. The van der Waals surface area contributed by atoms with Gasteiger partial charge in [-0.25, -0.2) is 4.39 Å². The third kappa shape index (κ3) is 8.09. The first-order chi connectivity index (χ1) is 22.0. The molecule has 2 aromatic carbocycles. The maximum atomic E-state index is 15.6. The van der Waals surface area contributed by atoms with Crippen molar-refractivity contribution in [2.24, 2.45) is 11.8 Å². The average Bonchev–Trinajstić information content (AvgIpc) is 3.65. The molecule has 2 aromatic heterocycles. The van der Waals surface area contributed by atoms with Gasteiger partial charge >= 0.3 is 5.97 Å². The number of halogens is 1. The number of carbonyl (C=O) groups excluding carboxylic acids is 3. The molecule has 0 unspecified atom stereocenters. The lowest BCUT2D eigenvalue weighted by molar-refractivity contribution is -0.141. The minimum Gasteiger partial charge on any atom is -0.493 e. The number of nitrogens with one attached hydrogen (secondary N) is 1. The molecule has 10 nitrogen and oxygen atoms in total. The summed E-state index contributed by atoms with van der Waals surface area (Å²) in [6.45, 7) is 3.47. The summed E-state index contributed by atoms with van der Waals surface area (Å²) in [6, 6.07) is 8.33. The quantitative estimate of drug-likeness (QED) is 0.0675. The Morgan fingerprint density at radius 1 is 0.848 bits per heavy atom. The molecular formula is C32H34FNO9S3. The van der Waals surface area contributed by atoms with Gasteiger partial charge in [-0.15, -0.1) is 22.7 Å². The summed E-state index contributed by atoms with van der Waals surface area (Å²) in [5.41, 5.74) is 0. The van der Waals surface area contributed by atoms with Crippen LogP contribution < -0.4 is 23.7 Å². The van der Waals surface area contributed by atoms with Crippen molar-refractivity contribution in [3.05, 3.63) is 45.9 Å². The zero-order valence-electron chi connectivity index (χ0n) is 25.9. The van der Waals surface area contributed by atoms with E-state index in [1.807, 2.05) is 0 Å². The number of ether oxygens (including phenoxy) is 4. The average molecular weight is 692 g/mol. The molecule has 14 heteroatoms. The van der Waals surface area contributed by atoms with Crippen LogP contribution in [0.3, 0.4) is 0 Å². The van der Waals surface area contributed by atoms with Crippen LogP contribution in [-0.2, 0) is 9.59 Å². The van der Waals surface area contributed by atoms with Crippen molar-refractivity contribution in [1.82, 2.24) is 4.72 Å². The monoisotopic (exact) mass is 691 g/mol. The second-order valence-corrected chi connectivity index (χ2v) is 13.3. The van der Waals surface area contributed by atoms with Crippen molar-refractivity contribution in [2.75, 3.05) is 33.7 Å². The van der Waals surface area contributed by atoms with E-state index in [9.17, 15) is 19.2 Å². The van der Waals surface area contributed by atoms with Crippen molar-refractivity contribution in [2.45, 2.75) is 33.1 Å². The van der Waals surface area contributed by atoms with Gasteiger partial charge in [0.1, 0.15) is 0 Å². The van der Waals surface area contributed by atoms with Gasteiger partial charge < -0.3 is 28.8 Å². The number of rotatable bonds is 17. The Balaban J connectivity index is 1.40. The lowest BCUT2D eigenvalue weighted by atomic mass is 10.0. The van der Waals surface area contributed by atoms with E-state index in [0.717, 1.165) is 33.4 Å². The third-order valence-corrected chi connectivity index (χ3v) is 9.77. The molecule has 0 spiro atoms. The summed E-state index contributed by atoms with van der Waals surface area (Å²) >= 11 is 3.55. The van der Waals surface area contributed by atoms with E-state index in [0.29, 0.717) is 32.4 Å². The molecule has 0 fully saturated rings. The number of amides is 1. The summed E-state index contributed by atoms with van der Waals surface area (Å²) in [7, 11) is 2.91. The third-order valence-electron chi connectivity index (χ3n) is 7.10. The summed E-state index contributed by atoms with van der Waals surface area (Å²) in [5.74, 6) is -2.70. The number of hydrogen-bond donors (Lipinski definition) is 2. The highest BCUT2D eigenvalue weighted by molar-refractivity contribution is 7.97. The number of hydrogen-bond acceptors (Lipinski definition) is 11. The van der Waals surface area contributed by atoms with Crippen molar-refractivity contribution in [1.29, 1.82) is 0 Å². The SMILES string of the molecule is COc1cc2sc(C(=O)C[C@H](C)C(=O)O)cc2cc1OCCCOc1c(OC)cc2sc(C(=O)C[C@H](C)C(=O)NSC)cc2c1F. The molecule has 246 valence electrons. The van der Waals surface area contributed by atoms with Gasteiger partial charge in [0.25, 0.3) is 0 Å². The first-order valence-corrected chi connectivity index (χ1v) is 17.1. The van der Waals surface area contributed by atoms with E-state index in [1.54, 1.807) is 37.4 Å². The number of Topliss-reactive ketones (excluding diaryl/α,β-unsaturated/α-hetero) is 2. The molecular weight excluding hydrogens is 658 g/mol. The van der Waals surface area contributed by atoms with E-state index >= 15 is 4.39 Å². The van der Waals surface area contributed by atoms with Crippen LogP contribution in [0.4, 0.5) is 4.39 Å². The van der Waals surface area contributed by atoms with Crippen molar-refractivity contribution < 1.29 is 47.6 Å². The number of carboxylic acids is 1. The Bertz CT molecular complexity index is 1770. The Kier molecular flexibility index (Phi) is 11.9.